The van der Waals surface area contributed by atoms with Gasteiger partial charge in [0.1, 0.15) is 0 Å². The summed E-state index contributed by atoms with van der Waals surface area (Å²) < 4.78 is 0. The Morgan fingerprint density at radius 1 is 1.19 bits per heavy atom. The molecule has 1 saturated carbocycles. The average Bonchev–Trinajstić information content (AvgIpc) is 2.86. The highest BCUT2D eigenvalue weighted by atomic mass is 16.2. The van der Waals surface area contributed by atoms with Crippen molar-refractivity contribution in [1.82, 2.24) is 9.80 Å². The Kier molecular flexibility index (Phi) is 6.06. The van der Waals surface area contributed by atoms with Crippen molar-refractivity contribution < 1.29 is 4.79 Å². The highest BCUT2D eigenvalue weighted by Gasteiger charge is 2.42. The third-order valence-electron chi connectivity index (χ3n) is 5.68. The molecule has 0 aromatic rings. The monoisotopic (exact) mass is 295 g/mol. The van der Waals surface area contributed by atoms with E-state index in [1.165, 1.54) is 12.8 Å². The predicted octanol–water partition coefficient (Wildman–Crippen LogP) is 2.23. The molecule has 1 aliphatic heterocycles. The number of hydrogen-bond donors (Lipinski definition) is 1. The van der Waals surface area contributed by atoms with E-state index in [0.717, 1.165) is 58.3 Å². The summed E-state index contributed by atoms with van der Waals surface area (Å²) in [6.45, 7) is 8.92. The molecule has 0 aromatic carbocycles. The molecule has 2 rings (SSSR count). The van der Waals surface area contributed by atoms with Crippen LogP contribution in [0.4, 0.5) is 0 Å². The first-order valence-corrected chi connectivity index (χ1v) is 8.90. The molecule has 1 unspecified atom stereocenters. The van der Waals surface area contributed by atoms with Gasteiger partial charge in [-0.25, -0.2) is 0 Å². The minimum absolute atomic E-state index is 0.255. The van der Waals surface area contributed by atoms with Gasteiger partial charge in [-0.2, -0.15) is 0 Å². The van der Waals surface area contributed by atoms with Crippen LogP contribution < -0.4 is 5.73 Å². The van der Waals surface area contributed by atoms with Crippen LogP contribution in [-0.2, 0) is 4.79 Å². The van der Waals surface area contributed by atoms with Crippen LogP contribution in [0, 0.1) is 5.41 Å². The number of carbonyl (C=O) groups excluding carboxylic acids is 1. The van der Waals surface area contributed by atoms with E-state index < -0.39 is 0 Å². The highest BCUT2D eigenvalue weighted by Crippen LogP contribution is 2.37. The predicted molar refractivity (Wildman–Crippen MR) is 87.1 cm³/mol. The van der Waals surface area contributed by atoms with Crippen LogP contribution in [0.15, 0.2) is 0 Å². The lowest BCUT2D eigenvalue weighted by Crippen LogP contribution is -2.48. The maximum Gasteiger partial charge on any atom is 0.230 e. The molecule has 4 heteroatoms. The van der Waals surface area contributed by atoms with Gasteiger partial charge in [0, 0.05) is 25.7 Å². The van der Waals surface area contributed by atoms with E-state index in [1.807, 2.05) is 0 Å². The molecule has 0 aromatic heterocycles. The number of amides is 1. The number of hydrogen-bond acceptors (Lipinski definition) is 3. The van der Waals surface area contributed by atoms with Gasteiger partial charge in [0.2, 0.25) is 5.91 Å². The molecule has 0 spiro atoms. The second kappa shape index (κ2) is 7.59. The molecule has 2 aliphatic rings. The lowest BCUT2D eigenvalue weighted by Gasteiger charge is -2.34. The Hall–Kier alpha value is -0.610. The number of carbonyl (C=O) groups is 1. The largest absolute Gasteiger partial charge is 0.341 e. The number of likely N-dealkylation sites (tertiary alicyclic amines) is 1. The van der Waals surface area contributed by atoms with Crippen molar-refractivity contribution in [2.24, 2.45) is 11.1 Å². The van der Waals surface area contributed by atoms with E-state index in [2.05, 4.69) is 23.6 Å². The first-order chi connectivity index (χ1) is 10.2. The van der Waals surface area contributed by atoms with Gasteiger partial charge in [-0.15, -0.1) is 0 Å². The van der Waals surface area contributed by atoms with Crippen molar-refractivity contribution in [3.8, 4) is 0 Å². The molecule has 2 N–H and O–H groups in total. The molecule has 1 amide bonds. The molecular weight excluding hydrogens is 262 g/mol. The Morgan fingerprint density at radius 2 is 1.81 bits per heavy atom. The maximum absolute atomic E-state index is 13.1. The van der Waals surface area contributed by atoms with E-state index in [1.54, 1.807) is 0 Å². The second-order valence-corrected chi connectivity index (χ2v) is 6.81. The minimum Gasteiger partial charge on any atom is -0.341 e. The maximum atomic E-state index is 13.1. The summed E-state index contributed by atoms with van der Waals surface area (Å²) in [5, 5.41) is 0. The van der Waals surface area contributed by atoms with Crippen LogP contribution in [0.2, 0.25) is 0 Å². The molecule has 122 valence electrons. The van der Waals surface area contributed by atoms with Crippen LogP contribution >= 0.6 is 0 Å². The summed E-state index contributed by atoms with van der Waals surface area (Å²) in [7, 11) is 0. The van der Waals surface area contributed by atoms with Crippen molar-refractivity contribution >= 4 is 5.91 Å². The molecule has 1 heterocycles. The van der Waals surface area contributed by atoms with Crippen molar-refractivity contribution in [1.29, 1.82) is 0 Å². The van der Waals surface area contributed by atoms with Crippen molar-refractivity contribution in [3.63, 3.8) is 0 Å². The zero-order chi connectivity index (χ0) is 15.3. The van der Waals surface area contributed by atoms with Crippen molar-refractivity contribution in [2.75, 3.05) is 32.7 Å². The number of nitrogens with zero attached hydrogens (tertiary/aromatic N) is 2. The summed E-state index contributed by atoms with van der Waals surface area (Å²) in [6.07, 6.45) is 7.96. The van der Waals surface area contributed by atoms with Crippen molar-refractivity contribution in [2.45, 2.75) is 64.8 Å². The van der Waals surface area contributed by atoms with Gasteiger partial charge in [0.25, 0.3) is 0 Å². The van der Waals surface area contributed by atoms with Crippen molar-refractivity contribution in [3.05, 3.63) is 0 Å². The summed E-state index contributed by atoms with van der Waals surface area (Å²) in [4.78, 5) is 17.7. The van der Waals surface area contributed by atoms with Gasteiger partial charge in [0.15, 0.2) is 0 Å². The summed E-state index contributed by atoms with van der Waals surface area (Å²) >= 11 is 0. The van der Waals surface area contributed by atoms with Gasteiger partial charge in [0.05, 0.1) is 5.41 Å². The van der Waals surface area contributed by atoms with E-state index in [9.17, 15) is 4.79 Å². The van der Waals surface area contributed by atoms with Crippen LogP contribution in [0.25, 0.3) is 0 Å². The van der Waals surface area contributed by atoms with E-state index in [-0.39, 0.29) is 5.41 Å². The average molecular weight is 295 g/mol. The molecule has 2 fully saturated rings. The minimum atomic E-state index is -0.255. The third kappa shape index (κ3) is 3.59. The first-order valence-electron chi connectivity index (χ1n) is 8.90. The zero-order valence-corrected chi connectivity index (χ0v) is 13.9. The van der Waals surface area contributed by atoms with Gasteiger partial charge < -0.3 is 10.6 Å². The molecule has 1 aliphatic carbocycles. The van der Waals surface area contributed by atoms with Gasteiger partial charge in [-0.1, -0.05) is 39.5 Å². The number of rotatable bonds is 5. The van der Waals surface area contributed by atoms with E-state index >= 15 is 0 Å². The molecule has 21 heavy (non-hydrogen) atoms. The number of likely N-dealkylation sites (N-methyl/N-ethyl adjacent to an activating group) is 1. The smallest absolute Gasteiger partial charge is 0.230 e. The Balaban J connectivity index is 2.02. The molecular formula is C17H33N3O. The molecule has 1 saturated heterocycles. The summed E-state index contributed by atoms with van der Waals surface area (Å²) in [5.74, 6) is 0.349. The van der Waals surface area contributed by atoms with Crippen LogP contribution in [0.5, 0.6) is 0 Å². The van der Waals surface area contributed by atoms with Gasteiger partial charge >= 0.3 is 0 Å². The molecule has 4 nitrogen and oxygen atoms in total. The fraction of sp³-hybridized carbons (Fsp3) is 0.941. The van der Waals surface area contributed by atoms with Gasteiger partial charge in [-0.3, -0.25) is 9.69 Å². The lowest BCUT2D eigenvalue weighted by molar-refractivity contribution is -0.141. The molecule has 0 radical (unpaired) electrons. The van der Waals surface area contributed by atoms with E-state index in [0.29, 0.717) is 18.5 Å². The van der Waals surface area contributed by atoms with Crippen LogP contribution in [0.3, 0.4) is 0 Å². The normalized spacial score (nSPS) is 26.1. The number of nitrogens with two attached hydrogens (primary N) is 1. The second-order valence-electron chi connectivity index (χ2n) is 6.81. The first kappa shape index (κ1) is 16.8. The Labute approximate surface area is 130 Å². The zero-order valence-electron chi connectivity index (χ0n) is 13.9. The molecule has 1 atom stereocenters. The van der Waals surface area contributed by atoms with Crippen LogP contribution in [0.1, 0.15) is 58.8 Å². The SMILES string of the molecule is CCN(CC)C1CCN(C(=O)C2(CN)CCCCCC2)C1. The summed E-state index contributed by atoms with van der Waals surface area (Å²) in [5.41, 5.74) is 5.81. The Bertz CT molecular complexity index is 333. The van der Waals surface area contributed by atoms with E-state index in [4.69, 9.17) is 5.73 Å². The van der Waals surface area contributed by atoms with Gasteiger partial charge in [-0.05, 0) is 32.4 Å². The lowest BCUT2D eigenvalue weighted by atomic mass is 9.79. The fourth-order valence-corrected chi connectivity index (χ4v) is 4.21. The third-order valence-corrected chi connectivity index (χ3v) is 5.68. The highest BCUT2D eigenvalue weighted by molar-refractivity contribution is 5.83. The fourth-order valence-electron chi connectivity index (χ4n) is 4.21. The standard InChI is InChI=1S/C17H33N3O/c1-3-19(4-2)15-9-12-20(13-15)16(21)17(14-18)10-7-5-6-8-11-17/h15H,3-14,18H2,1-2H3. The topological polar surface area (TPSA) is 49.6 Å². The Morgan fingerprint density at radius 3 is 2.33 bits per heavy atom. The molecule has 0 bridgehead atoms. The van der Waals surface area contributed by atoms with Crippen LogP contribution in [-0.4, -0.2) is 54.5 Å². The quantitative estimate of drug-likeness (QED) is 0.791. The summed E-state index contributed by atoms with van der Waals surface area (Å²) in [6, 6.07) is 0.546.